The van der Waals surface area contributed by atoms with Crippen LogP contribution >= 0.6 is 11.6 Å². The molecular weight excluding hydrogens is 565 g/mol. The van der Waals surface area contributed by atoms with E-state index in [1.807, 2.05) is 56.3 Å². The molecule has 0 fully saturated rings. The number of hydrogen-bond acceptors (Lipinski definition) is 4. The molecule has 41 heavy (non-hydrogen) atoms. The number of carbonyl (C=O) groups is 2. The Hall–Kier alpha value is -3.43. The summed E-state index contributed by atoms with van der Waals surface area (Å²) in [7, 11) is -3.68. The maximum Gasteiger partial charge on any atom is 0.243 e. The number of nitrogens with one attached hydrogen (secondary N) is 1. The molecule has 3 aromatic rings. The third-order valence-corrected chi connectivity index (χ3v) is 7.93. The van der Waals surface area contributed by atoms with Gasteiger partial charge >= 0.3 is 0 Å². The standard InChI is InChI=1S/C31H37ClFN3O4S/c1-23(2)21-34-31(38)29(20-24-8-5-4-6-9-24)35(22-25-11-13-26(32)14-12-25)30(37)10-7-19-36(41(3,39)40)28-17-15-27(33)16-18-28/h4-6,8-9,11-18,23,29H,7,10,19-22H2,1-3H3,(H,34,38)/t29-/m0/s1. The summed E-state index contributed by atoms with van der Waals surface area (Å²) in [6.45, 7) is 4.66. The fourth-order valence-corrected chi connectivity index (χ4v) is 5.47. The zero-order chi connectivity index (χ0) is 30.0. The van der Waals surface area contributed by atoms with Crippen LogP contribution in [0.5, 0.6) is 0 Å². The molecule has 1 N–H and O–H groups in total. The Morgan fingerprint density at radius 3 is 2.15 bits per heavy atom. The molecule has 10 heteroatoms. The van der Waals surface area contributed by atoms with E-state index in [-0.39, 0.29) is 43.7 Å². The first-order valence-corrected chi connectivity index (χ1v) is 15.8. The number of amides is 2. The number of hydrogen-bond donors (Lipinski definition) is 1. The molecule has 0 spiro atoms. The molecule has 0 saturated heterocycles. The Labute approximate surface area is 247 Å². The average Bonchev–Trinajstić information content (AvgIpc) is 2.93. The van der Waals surface area contributed by atoms with Crippen LogP contribution in [0.4, 0.5) is 10.1 Å². The van der Waals surface area contributed by atoms with Gasteiger partial charge in [-0.3, -0.25) is 13.9 Å². The smallest absolute Gasteiger partial charge is 0.243 e. The molecule has 3 rings (SSSR count). The van der Waals surface area contributed by atoms with E-state index in [4.69, 9.17) is 11.6 Å². The van der Waals surface area contributed by atoms with Crippen molar-refractivity contribution in [3.63, 3.8) is 0 Å². The van der Waals surface area contributed by atoms with Gasteiger partial charge in [-0.05, 0) is 59.9 Å². The highest BCUT2D eigenvalue weighted by Crippen LogP contribution is 2.21. The first-order chi connectivity index (χ1) is 19.4. The summed E-state index contributed by atoms with van der Waals surface area (Å²) in [5.74, 6) is -0.789. The summed E-state index contributed by atoms with van der Waals surface area (Å²) in [6.07, 6.45) is 1.59. The molecule has 220 valence electrons. The second-order valence-electron chi connectivity index (χ2n) is 10.4. The van der Waals surface area contributed by atoms with E-state index in [1.165, 1.54) is 24.3 Å². The van der Waals surface area contributed by atoms with Crippen molar-refractivity contribution in [2.45, 2.75) is 45.7 Å². The van der Waals surface area contributed by atoms with Gasteiger partial charge in [0, 0.05) is 37.5 Å². The van der Waals surface area contributed by atoms with Crippen molar-refractivity contribution in [3.8, 4) is 0 Å². The Balaban J connectivity index is 1.87. The Bertz CT molecular complexity index is 1390. The molecule has 0 aliphatic heterocycles. The van der Waals surface area contributed by atoms with E-state index in [1.54, 1.807) is 17.0 Å². The van der Waals surface area contributed by atoms with E-state index in [0.717, 1.165) is 21.7 Å². The highest BCUT2D eigenvalue weighted by Gasteiger charge is 2.30. The van der Waals surface area contributed by atoms with E-state index < -0.39 is 21.9 Å². The van der Waals surface area contributed by atoms with Crippen LogP contribution in [0.2, 0.25) is 5.02 Å². The Morgan fingerprint density at radius 2 is 1.56 bits per heavy atom. The number of rotatable bonds is 14. The highest BCUT2D eigenvalue weighted by atomic mass is 35.5. The summed E-state index contributed by atoms with van der Waals surface area (Å²) in [5.41, 5.74) is 2.03. The van der Waals surface area contributed by atoms with Crippen molar-refractivity contribution in [1.29, 1.82) is 0 Å². The van der Waals surface area contributed by atoms with E-state index in [2.05, 4.69) is 5.32 Å². The maximum atomic E-state index is 13.8. The number of carbonyl (C=O) groups excluding carboxylic acids is 2. The van der Waals surface area contributed by atoms with Gasteiger partial charge in [0.1, 0.15) is 11.9 Å². The molecule has 1 atom stereocenters. The fraction of sp³-hybridized carbons (Fsp3) is 0.355. The number of benzene rings is 3. The van der Waals surface area contributed by atoms with Gasteiger partial charge in [-0.1, -0.05) is 67.9 Å². The zero-order valence-electron chi connectivity index (χ0n) is 23.6. The summed E-state index contributed by atoms with van der Waals surface area (Å²) in [4.78, 5) is 28.9. The molecular formula is C31H37ClFN3O4S. The summed E-state index contributed by atoms with van der Waals surface area (Å²) >= 11 is 6.08. The number of halogens is 2. The van der Waals surface area contributed by atoms with Gasteiger partial charge in [0.15, 0.2) is 0 Å². The predicted molar refractivity (Wildman–Crippen MR) is 162 cm³/mol. The van der Waals surface area contributed by atoms with E-state index in [9.17, 15) is 22.4 Å². The van der Waals surface area contributed by atoms with Gasteiger partial charge < -0.3 is 10.2 Å². The third-order valence-electron chi connectivity index (χ3n) is 6.49. The van der Waals surface area contributed by atoms with Crippen LogP contribution in [0.25, 0.3) is 0 Å². The molecule has 0 aliphatic rings. The minimum Gasteiger partial charge on any atom is -0.354 e. The van der Waals surface area contributed by atoms with Gasteiger partial charge in [-0.15, -0.1) is 0 Å². The van der Waals surface area contributed by atoms with E-state index in [0.29, 0.717) is 23.7 Å². The molecule has 3 aromatic carbocycles. The lowest BCUT2D eigenvalue weighted by atomic mass is 10.0. The molecule has 0 bridgehead atoms. The van der Waals surface area contributed by atoms with Gasteiger partial charge in [-0.2, -0.15) is 0 Å². The van der Waals surface area contributed by atoms with Crippen LogP contribution in [0.3, 0.4) is 0 Å². The lowest BCUT2D eigenvalue weighted by Gasteiger charge is -2.32. The van der Waals surface area contributed by atoms with Crippen molar-refractivity contribution in [2.24, 2.45) is 5.92 Å². The molecule has 0 radical (unpaired) electrons. The summed E-state index contributed by atoms with van der Waals surface area (Å²) in [5, 5.41) is 3.54. The van der Waals surface area contributed by atoms with Gasteiger partial charge in [0.2, 0.25) is 21.8 Å². The first-order valence-electron chi connectivity index (χ1n) is 13.5. The first kappa shape index (κ1) is 32.1. The Morgan fingerprint density at radius 1 is 0.927 bits per heavy atom. The van der Waals surface area contributed by atoms with Crippen LogP contribution in [0.1, 0.15) is 37.8 Å². The van der Waals surface area contributed by atoms with Crippen molar-refractivity contribution >= 4 is 39.1 Å². The van der Waals surface area contributed by atoms with Crippen molar-refractivity contribution in [1.82, 2.24) is 10.2 Å². The molecule has 0 aromatic heterocycles. The average molecular weight is 602 g/mol. The van der Waals surface area contributed by atoms with Gasteiger partial charge in [0.05, 0.1) is 11.9 Å². The lowest BCUT2D eigenvalue weighted by molar-refractivity contribution is -0.141. The monoisotopic (exact) mass is 601 g/mol. The topological polar surface area (TPSA) is 86.8 Å². The number of sulfonamides is 1. The minimum absolute atomic E-state index is 0.00353. The van der Waals surface area contributed by atoms with Crippen LogP contribution in [0.15, 0.2) is 78.9 Å². The second-order valence-corrected chi connectivity index (χ2v) is 12.8. The largest absolute Gasteiger partial charge is 0.354 e. The van der Waals surface area contributed by atoms with E-state index >= 15 is 0 Å². The van der Waals surface area contributed by atoms with Gasteiger partial charge in [0.25, 0.3) is 0 Å². The van der Waals surface area contributed by atoms with Crippen LogP contribution in [-0.4, -0.2) is 50.5 Å². The van der Waals surface area contributed by atoms with Crippen LogP contribution in [0, 0.1) is 11.7 Å². The molecule has 0 aliphatic carbocycles. The van der Waals surface area contributed by atoms with Crippen molar-refractivity contribution in [3.05, 3.63) is 101 Å². The minimum atomic E-state index is -3.68. The fourth-order valence-electron chi connectivity index (χ4n) is 4.37. The zero-order valence-corrected chi connectivity index (χ0v) is 25.2. The molecule has 0 unspecified atom stereocenters. The SMILES string of the molecule is CC(C)CNC(=O)[C@H](Cc1ccccc1)N(Cc1ccc(Cl)cc1)C(=O)CCCN(c1ccc(F)cc1)S(C)(=O)=O. The third kappa shape index (κ3) is 10.2. The van der Waals surface area contributed by atoms with Crippen LogP contribution < -0.4 is 9.62 Å². The lowest BCUT2D eigenvalue weighted by Crippen LogP contribution is -2.51. The van der Waals surface area contributed by atoms with Gasteiger partial charge in [-0.25, -0.2) is 12.8 Å². The number of nitrogens with zero attached hydrogens (tertiary/aromatic N) is 2. The summed E-state index contributed by atoms with van der Waals surface area (Å²) in [6, 6.07) is 21.0. The van der Waals surface area contributed by atoms with Crippen molar-refractivity contribution < 1.29 is 22.4 Å². The van der Waals surface area contributed by atoms with Crippen LogP contribution in [-0.2, 0) is 32.6 Å². The molecule has 2 amide bonds. The second kappa shape index (κ2) is 15.0. The van der Waals surface area contributed by atoms with Crippen molar-refractivity contribution in [2.75, 3.05) is 23.7 Å². The quantitative estimate of drug-likeness (QED) is 0.267. The number of anilines is 1. The Kier molecular flexibility index (Phi) is 11.7. The maximum absolute atomic E-state index is 13.8. The normalized spacial score (nSPS) is 12.1. The molecule has 7 nitrogen and oxygen atoms in total. The highest BCUT2D eigenvalue weighted by molar-refractivity contribution is 7.92. The summed E-state index contributed by atoms with van der Waals surface area (Å²) < 4.78 is 39.6. The molecule has 0 heterocycles. The predicted octanol–water partition coefficient (Wildman–Crippen LogP) is 5.44. The molecule has 0 saturated carbocycles.